The lowest BCUT2D eigenvalue weighted by atomic mass is 9.40. The molecule has 3 saturated carbocycles. The molecule has 4 aliphatic carbocycles. The summed E-state index contributed by atoms with van der Waals surface area (Å²) >= 11 is 0. The highest BCUT2D eigenvalue weighted by Gasteiger charge is 2.77. The van der Waals surface area contributed by atoms with Gasteiger partial charge in [0.15, 0.2) is 11.5 Å². The maximum atomic E-state index is 13.7. The number of likely N-dealkylation sites (tertiary alicyclic amines) is 1. The van der Waals surface area contributed by atoms with E-state index in [4.69, 9.17) is 9.47 Å². The van der Waals surface area contributed by atoms with Crippen molar-refractivity contribution in [2.24, 2.45) is 11.3 Å². The summed E-state index contributed by atoms with van der Waals surface area (Å²) in [5.74, 6) is 1.70. The number of benzene rings is 1. The summed E-state index contributed by atoms with van der Waals surface area (Å²) in [6.45, 7) is 3.34. The average molecular weight is 519 g/mol. The smallest absolute Gasteiger partial charge is 0.247 e. The molecule has 7 nitrogen and oxygen atoms in total. The van der Waals surface area contributed by atoms with Crippen molar-refractivity contribution in [3.05, 3.63) is 34.9 Å². The number of phenols is 1. The Morgan fingerprint density at radius 3 is 2.63 bits per heavy atom. The maximum Gasteiger partial charge on any atom is 0.247 e. The lowest BCUT2D eigenvalue weighted by Crippen LogP contribution is -2.78. The van der Waals surface area contributed by atoms with Gasteiger partial charge in [-0.2, -0.15) is 0 Å². The Morgan fingerprint density at radius 1 is 1.08 bits per heavy atom. The second-order valence-electron chi connectivity index (χ2n) is 13.7. The van der Waals surface area contributed by atoms with E-state index < -0.39 is 11.0 Å². The van der Waals surface area contributed by atoms with Crippen LogP contribution in [0.25, 0.3) is 0 Å². The first-order valence-electron chi connectivity index (χ1n) is 15.0. The maximum absolute atomic E-state index is 13.7. The van der Waals surface area contributed by atoms with Gasteiger partial charge in [0.1, 0.15) is 6.10 Å². The van der Waals surface area contributed by atoms with Crippen LogP contribution in [-0.4, -0.2) is 82.1 Å². The van der Waals surface area contributed by atoms with Crippen molar-refractivity contribution >= 4 is 5.91 Å². The number of fused-ring (bicyclic) bond motifs is 3. The van der Waals surface area contributed by atoms with Gasteiger partial charge in [0.25, 0.3) is 0 Å². The van der Waals surface area contributed by atoms with Crippen LogP contribution in [0.3, 0.4) is 0 Å². The molecule has 202 valence electrons. The van der Waals surface area contributed by atoms with Gasteiger partial charge >= 0.3 is 0 Å². The minimum Gasteiger partial charge on any atom is -0.504 e. The van der Waals surface area contributed by atoms with Crippen LogP contribution in [0.5, 0.6) is 11.5 Å². The molecule has 2 spiro atoms. The van der Waals surface area contributed by atoms with E-state index in [1.807, 2.05) is 6.08 Å². The summed E-state index contributed by atoms with van der Waals surface area (Å²) < 4.78 is 12.6. The summed E-state index contributed by atoms with van der Waals surface area (Å²) in [7, 11) is 0. The van der Waals surface area contributed by atoms with Gasteiger partial charge in [-0.15, -0.1) is 0 Å². The van der Waals surface area contributed by atoms with Gasteiger partial charge in [0.05, 0.1) is 36.3 Å². The van der Waals surface area contributed by atoms with Crippen LogP contribution >= 0.6 is 0 Å². The third kappa shape index (κ3) is 2.60. The zero-order chi connectivity index (χ0) is 25.4. The van der Waals surface area contributed by atoms with Crippen molar-refractivity contribution in [3.8, 4) is 11.5 Å². The standard InChI is InChI=1S/C31H38N2O5/c34-23-6-3-19-13-24-31(36)10-9-29(8-7-20(29)14-25(35)33-21-4-5-22(33)17-37-16-21)28-30(31,26(19)27(23)38-28)11-12-32(24)15-18-1-2-18/h3,6,14,18,21-22,24,28,34,36H,1-2,4-5,7-13,15-17H2/b20-14+/t21?,22?,24-,28-,29-,30-,31+/m0/s1. The summed E-state index contributed by atoms with van der Waals surface area (Å²) in [6, 6.07) is 4.35. The lowest BCUT2D eigenvalue weighted by molar-refractivity contribution is -0.218. The fourth-order valence-corrected chi connectivity index (χ4v) is 10.2. The lowest BCUT2D eigenvalue weighted by Gasteiger charge is -2.68. The Balaban J connectivity index is 1.14. The van der Waals surface area contributed by atoms with Crippen LogP contribution in [0.15, 0.2) is 23.8 Å². The van der Waals surface area contributed by atoms with E-state index in [1.165, 1.54) is 24.0 Å². The molecular weight excluding hydrogens is 480 g/mol. The van der Waals surface area contributed by atoms with E-state index in [-0.39, 0.29) is 41.3 Å². The molecule has 2 N–H and O–H groups in total. The van der Waals surface area contributed by atoms with Crippen molar-refractivity contribution in [1.82, 2.24) is 9.80 Å². The number of amides is 1. The van der Waals surface area contributed by atoms with Gasteiger partial charge in [-0.25, -0.2) is 0 Å². The molecule has 1 aromatic rings. The van der Waals surface area contributed by atoms with E-state index in [0.29, 0.717) is 19.0 Å². The third-order valence-electron chi connectivity index (χ3n) is 12.2. The van der Waals surface area contributed by atoms with Crippen molar-refractivity contribution in [1.29, 1.82) is 0 Å². The Kier molecular flexibility index (Phi) is 4.39. The zero-order valence-electron chi connectivity index (χ0n) is 22.0. The quantitative estimate of drug-likeness (QED) is 0.599. The van der Waals surface area contributed by atoms with Crippen molar-refractivity contribution in [3.63, 3.8) is 0 Å². The number of hydrogen-bond acceptors (Lipinski definition) is 6. The largest absolute Gasteiger partial charge is 0.504 e. The predicted octanol–water partition coefficient (Wildman–Crippen LogP) is 3.05. The monoisotopic (exact) mass is 518 g/mol. The van der Waals surface area contributed by atoms with E-state index in [1.54, 1.807) is 6.07 Å². The Bertz CT molecular complexity index is 1260. The number of ether oxygens (including phenoxy) is 2. The van der Waals surface area contributed by atoms with Crippen molar-refractivity contribution < 1.29 is 24.5 Å². The fraction of sp³-hybridized carbons (Fsp3) is 0.710. The molecular formula is C31H38N2O5. The number of phenolic OH excluding ortho intramolecular Hbond substituents is 1. The molecule has 8 aliphatic rings. The van der Waals surface area contributed by atoms with Crippen molar-refractivity contribution in [2.45, 2.75) is 99.5 Å². The highest BCUT2D eigenvalue weighted by atomic mass is 16.5. The first-order chi connectivity index (χ1) is 18.4. The van der Waals surface area contributed by atoms with Crippen LogP contribution in [0, 0.1) is 11.3 Å². The molecule has 9 rings (SSSR count). The topological polar surface area (TPSA) is 82.5 Å². The summed E-state index contributed by atoms with van der Waals surface area (Å²) in [4.78, 5) is 18.3. The Morgan fingerprint density at radius 2 is 1.89 bits per heavy atom. The third-order valence-corrected chi connectivity index (χ3v) is 12.2. The first-order valence-corrected chi connectivity index (χ1v) is 15.0. The molecule has 4 heterocycles. The molecule has 1 amide bonds. The fourth-order valence-electron chi connectivity index (χ4n) is 10.2. The van der Waals surface area contributed by atoms with Crippen LogP contribution in [0.1, 0.15) is 68.9 Å². The number of hydrogen-bond donors (Lipinski definition) is 2. The second kappa shape index (κ2) is 7.35. The SMILES string of the molecule is O=C(/C=C1\CC[C@]12CC[C@@]1(O)[C@@H]3Cc4ccc(O)c5c4[C@@]1(CCN3CC1CC1)[C@H]2O5)N1C2CCC1COC2. The number of aromatic hydroxyl groups is 1. The van der Waals surface area contributed by atoms with Gasteiger partial charge in [-0.05, 0) is 88.3 Å². The van der Waals surface area contributed by atoms with Crippen LogP contribution in [-0.2, 0) is 21.4 Å². The van der Waals surface area contributed by atoms with Gasteiger partial charge in [-0.3, -0.25) is 9.69 Å². The molecule has 1 aromatic carbocycles. The van der Waals surface area contributed by atoms with Crippen LogP contribution in [0.2, 0.25) is 0 Å². The van der Waals surface area contributed by atoms with E-state index in [0.717, 1.165) is 75.9 Å². The zero-order valence-corrected chi connectivity index (χ0v) is 22.0. The van der Waals surface area contributed by atoms with Gasteiger partial charge in [0.2, 0.25) is 5.91 Å². The van der Waals surface area contributed by atoms with Crippen molar-refractivity contribution in [2.75, 3.05) is 26.3 Å². The number of nitrogens with zero attached hydrogens (tertiary/aromatic N) is 2. The van der Waals surface area contributed by atoms with Gasteiger partial charge < -0.3 is 24.6 Å². The Labute approximate surface area is 223 Å². The minimum atomic E-state index is -0.879. The number of aliphatic hydroxyl groups is 1. The second-order valence-corrected chi connectivity index (χ2v) is 13.7. The number of carbonyl (C=O) groups excluding carboxylic acids is 1. The van der Waals surface area contributed by atoms with E-state index >= 15 is 0 Å². The summed E-state index contributed by atoms with van der Waals surface area (Å²) in [6.07, 6.45) is 11.5. The summed E-state index contributed by atoms with van der Waals surface area (Å²) in [5, 5.41) is 23.8. The summed E-state index contributed by atoms with van der Waals surface area (Å²) in [5.41, 5.74) is 1.85. The number of morpholine rings is 1. The predicted molar refractivity (Wildman–Crippen MR) is 139 cm³/mol. The highest BCUT2D eigenvalue weighted by Crippen LogP contribution is 2.73. The van der Waals surface area contributed by atoms with Gasteiger partial charge in [0, 0.05) is 29.6 Å². The molecule has 4 bridgehead atoms. The molecule has 7 atom stereocenters. The van der Waals surface area contributed by atoms with Crippen LogP contribution in [0.4, 0.5) is 0 Å². The number of carbonyl (C=O) groups is 1. The van der Waals surface area contributed by atoms with E-state index in [2.05, 4.69) is 15.9 Å². The number of piperidine rings is 1. The molecule has 0 aromatic heterocycles. The van der Waals surface area contributed by atoms with E-state index in [9.17, 15) is 15.0 Å². The Hall–Kier alpha value is -2.09. The van der Waals surface area contributed by atoms with Crippen LogP contribution < -0.4 is 4.74 Å². The molecule has 38 heavy (non-hydrogen) atoms. The minimum absolute atomic E-state index is 0.0846. The molecule has 4 aliphatic heterocycles. The highest BCUT2D eigenvalue weighted by molar-refractivity contribution is 5.90. The average Bonchev–Trinajstić information content (AvgIpc) is 3.59. The van der Waals surface area contributed by atoms with Gasteiger partial charge in [-0.1, -0.05) is 11.6 Å². The molecule has 7 heteroatoms. The first kappa shape index (κ1) is 22.7. The number of rotatable bonds is 3. The normalized spacial score (nSPS) is 45.2. The molecule has 2 unspecified atom stereocenters. The molecule has 3 saturated heterocycles. The molecule has 6 fully saturated rings. The molecule has 0 radical (unpaired) electrons.